The van der Waals surface area contributed by atoms with E-state index in [0.717, 1.165) is 11.8 Å². The van der Waals surface area contributed by atoms with Crippen molar-refractivity contribution in [3.63, 3.8) is 0 Å². The van der Waals surface area contributed by atoms with Crippen molar-refractivity contribution < 1.29 is 19.8 Å². The molecule has 0 aromatic heterocycles. The number of hydrogen-bond donors (Lipinski definition) is 3. The molecule has 0 aromatic carbocycles. The number of carbonyl (C=O) groups is 2. The van der Waals surface area contributed by atoms with Crippen LogP contribution in [0.3, 0.4) is 0 Å². The van der Waals surface area contributed by atoms with Crippen LogP contribution in [0.2, 0.25) is 0 Å². The zero-order valence-corrected chi connectivity index (χ0v) is 8.13. The summed E-state index contributed by atoms with van der Waals surface area (Å²) in [6.07, 6.45) is 0. The summed E-state index contributed by atoms with van der Waals surface area (Å²) in [6.45, 7) is 1.55. The van der Waals surface area contributed by atoms with Crippen molar-refractivity contribution in [1.29, 1.82) is 0 Å². The van der Waals surface area contributed by atoms with E-state index in [-0.39, 0.29) is 30.1 Å². The number of thioether (sulfide) groups is 1. The second kappa shape index (κ2) is 6.73. The van der Waals surface area contributed by atoms with Gasteiger partial charge in [0, 0.05) is 6.04 Å². The number of amides is 1. The van der Waals surface area contributed by atoms with Gasteiger partial charge in [0.2, 0.25) is 5.91 Å². The van der Waals surface area contributed by atoms with Crippen molar-refractivity contribution in [1.82, 2.24) is 5.32 Å². The Hall–Kier alpha value is -0.750. The minimum absolute atomic E-state index is 0.0824. The summed E-state index contributed by atoms with van der Waals surface area (Å²) < 4.78 is 0. The monoisotopic (exact) mass is 207 g/mol. The van der Waals surface area contributed by atoms with Crippen LogP contribution in [0, 0.1) is 0 Å². The lowest BCUT2D eigenvalue weighted by atomic mass is 10.4. The third-order valence-electron chi connectivity index (χ3n) is 1.14. The third-order valence-corrected chi connectivity index (χ3v) is 2.06. The van der Waals surface area contributed by atoms with Gasteiger partial charge in [0.05, 0.1) is 18.1 Å². The summed E-state index contributed by atoms with van der Waals surface area (Å²) in [5.74, 6) is -1.17. The van der Waals surface area contributed by atoms with Crippen LogP contribution in [-0.4, -0.2) is 46.2 Å². The summed E-state index contributed by atoms with van der Waals surface area (Å²) in [6, 6.07) is -0.280. The maximum atomic E-state index is 11.0. The number of carboxylic acid groups (broad SMARTS) is 1. The maximum absolute atomic E-state index is 11.0. The molecular weight excluding hydrogens is 194 g/mol. The quantitative estimate of drug-likeness (QED) is 0.536. The van der Waals surface area contributed by atoms with Gasteiger partial charge in [-0.1, -0.05) is 0 Å². The predicted molar refractivity (Wildman–Crippen MR) is 49.7 cm³/mol. The number of nitrogens with one attached hydrogen (secondary N) is 1. The smallest absolute Gasteiger partial charge is 0.313 e. The fourth-order valence-corrected chi connectivity index (χ4v) is 1.14. The number of carboxylic acids is 1. The Bertz CT molecular complexity index is 185. The van der Waals surface area contributed by atoms with E-state index in [1.54, 1.807) is 6.92 Å². The predicted octanol–water partition coefficient (Wildman–Crippen LogP) is -0.699. The lowest BCUT2D eigenvalue weighted by Gasteiger charge is -2.09. The van der Waals surface area contributed by atoms with Gasteiger partial charge in [-0.3, -0.25) is 9.59 Å². The Labute approximate surface area is 80.5 Å². The average molecular weight is 207 g/mol. The van der Waals surface area contributed by atoms with E-state index in [1.807, 2.05) is 0 Å². The number of aliphatic carboxylic acids is 1. The number of aliphatic hydroxyl groups excluding tert-OH is 1. The molecule has 0 saturated heterocycles. The van der Waals surface area contributed by atoms with Crippen molar-refractivity contribution in [3.05, 3.63) is 0 Å². The van der Waals surface area contributed by atoms with Gasteiger partial charge in [-0.15, -0.1) is 11.8 Å². The highest BCUT2D eigenvalue weighted by Crippen LogP contribution is 1.98. The number of carbonyl (C=O) groups excluding carboxylic acids is 1. The SMILES string of the molecule is C[C@@H](CO)NC(=O)CSCC(=O)O. The van der Waals surface area contributed by atoms with Crippen molar-refractivity contribution in [2.24, 2.45) is 0 Å². The van der Waals surface area contributed by atoms with Gasteiger partial charge in [-0.25, -0.2) is 0 Å². The standard InChI is InChI=1S/C7H13NO4S/c1-5(2-9)8-6(10)3-13-4-7(11)12/h5,9H,2-4H2,1H3,(H,8,10)(H,11,12)/t5-/m0/s1. The molecule has 0 spiro atoms. The molecule has 0 saturated carbocycles. The highest BCUT2D eigenvalue weighted by Gasteiger charge is 2.06. The number of rotatable bonds is 6. The first kappa shape index (κ1) is 12.2. The molecular formula is C7H13NO4S. The zero-order chi connectivity index (χ0) is 10.3. The lowest BCUT2D eigenvalue weighted by Crippen LogP contribution is -2.36. The van der Waals surface area contributed by atoms with Crippen LogP contribution in [0.4, 0.5) is 0 Å². The van der Waals surface area contributed by atoms with E-state index in [0.29, 0.717) is 0 Å². The minimum atomic E-state index is -0.937. The second-order valence-corrected chi connectivity index (χ2v) is 3.52. The van der Waals surface area contributed by atoms with Gasteiger partial charge in [0.15, 0.2) is 0 Å². The molecule has 0 radical (unpaired) electrons. The van der Waals surface area contributed by atoms with E-state index >= 15 is 0 Å². The van der Waals surface area contributed by atoms with Gasteiger partial charge in [-0.05, 0) is 6.92 Å². The second-order valence-electron chi connectivity index (χ2n) is 2.54. The molecule has 76 valence electrons. The van der Waals surface area contributed by atoms with Crippen LogP contribution in [0.1, 0.15) is 6.92 Å². The Kier molecular flexibility index (Phi) is 6.34. The third kappa shape index (κ3) is 7.61. The van der Waals surface area contributed by atoms with Crippen LogP contribution in [0.5, 0.6) is 0 Å². The molecule has 0 heterocycles. The molecule has 5 nitrogen and oxygen atoms in total. The molecule has 0 aliphatic heterocycles. The van der Waals surface area contributed by atoms with Crippen molar-refractivity contribution in [2.45, 2.75) is 13.0 Å². The van der Waals surface area contributed by atoms with E-state index in [4.69, 9.17) is 10.2 Å². The molecule has 0 rings (SSSR count). The minimum Gasteiger partial charge on any atom is -0.481 e. The Balaban J connectivity index is 3.46. The van der Waals surface area contributed by atoms with Gasteiger partial charge >= 0.3 is 5.97 Å². The fourth-order valence-electron chi connectivity index (χ4n) is 0.593. The van der Waals surface area contributed by atoms with Crippen molar-refractivity contribution in [3.8, 4) is 0 Å². The Morgan fingerprint density at radius 2 is 2.08 bits per heavy atom. The molecule has 1 amide bonds. The van der Waals surface area contributed by atoms with Gasteiger partial charge < -0.3 is 15.5 Å². The molecule has 0 bridgehead atoms. The van der Waals surface area contributed by atoms with Gasteiger partial charge in [0.1, 0.15) is 0 Å². The fraction of sp³-hybridized carbons (Fsp3) is 0.714. The lowest BCUT2D eigenvalue weighted by molar-refractivity contribution is -0.133. The molecule has 0 aliphatic rings. The molecule has 13 heavy (non-hydrogen) atoms. The Morgan fingerprint density at radius 3 is 2.54 bits per heavy atom. The van der Waals surface area contributed by atoms with Gasteiger partial charge in [-0.2, -0.15) is 0 Å². The first-order valence-electron chi connectivity index (χ1n) is 3.76. The molecule has 1 atom stereocenters. The van der Waals surface area contributed by atoms with E-state index in [9.17, 15) is 9.59 Å². The zero-order valence-electron chi connectivity index (χ0n) is 7.32. The first-order valence-corrected chi connectivity index (χ1v) is 4.91. The summed E-state index contributed by atoms with van der Waals surface area (Å²) in [4.78, 5) is 21.0. The van der Waals surface area contributed by atoms with Crippen LogP contribution < -0.4 is 5.32 Å². The highest BCUT2D eigenvalue weighted by atomic mass is 32.2. The number of aliphatic hydroxyl groups is 1. The highest BCUT2D eigenvalue weighted by molar-refractivity contribution is 8.00. The molecule has 3 N–H and O–H groups in total. The van der Waals surface area contributed by atoms with E-state index in [2.05, 4.69) is 5.32 Å². The van der Waals surface area contributed by atoms with Crippen molar-refractivity contribution in [2.75, 3.05) is 18.1 Å². The molecule has 0 aromatic rings. The summed E-state index contributed by atoms with van der Waals surface area (Å²) >= 11 is 1.03. The number of hydrogen-bond acceptors (Lipinski definition) is 4. The van der Waals surface area contributed by atoms with Crippen molar-refractivity contribution >= 4 is 23.6 Å². The van der Waals surface area contributed by atoms with E-state index in [1.165, 1.54) is 0 Å². The van der Waals surface area contributed by atoms with Crippen LogP contribution >= 0.6 is 11.8 Å². The van der Waals surface area contributed by atoms with Gasteiger partial charge in [0.25, 0.3) is 0 Å². The molecule has 0 fully saturated rings. The van der Waals surface area contributed by atoms with Crippen LogP contribution in [0.25, 0.3) is 0 Å². The van der Waals surface area contributed by atoms with E-state index < -0.39 is 5.97 Å². The summed E-state index contributed by atoms with van der Waals surface area (Å²) in [7, 11) is 0. The average Bonchev–Trinajstić information content (AvgIpc) is 2.03. The molecule has 0 aliphatic carbocycles. The topological polar surface area (TPSA) is 86.6 Å². The summed E-state index contributed by atoms with van der Waals surface area (Å²) in [5, 5.41) is 19.3. The molecule has 6 heteroatoms. The normalized spacial score (nSPS) is 12.2. The summed E-state index contributed by atoms with van der Waals surface area (Å²) in [5.41, 5.74) is 0. The molecule has 0 unspecified atom stereocenters. The largest absolute Gasteiger partial charge is 0.481 e. The maximum Gasteiger partial charge on any atom is 0.313 e. The van der Waals surface area contributed by atoms with Crippen LogP contribution in [-0.2, 0) is 9.59 Å². The Morgan fingerprint density at radius 1 is 1.46 bits per heavy atom. The first-order chi connectivity index (χ1) is 6.06. The van der Waals surface area contributed by atoms with Crippen LogP contribution in [0.15, 0.2) is 0 Å².